The standard InChI is InChI=1S/C25H46N6/c1-6-29(7-2)15-11-12-22(4)28-25(26-5)27-20-23-13-9-10-14-24(23)21-31-18-16-30(8-3)17-19-31/h9-10,13-14,22H,6-8,11-12,15-21H2,1-5H3,(H2,26,27,28). The number of rotatable bonds is 12. The molecule has 0 spiro atoms. The van der Waals surface area contributed by atoms with Crippen molar-refractivity contribution in [3.8, 4) is 0 Å². The van der Waals surface area contributed by atoms with E-state index in [1.165, 1.54) is 37.2 Å². The Morgan fingerprint density at radius 2 is 1.68 bits per heavy atom. The van der Waals surface area contributed by atoms with E-state index in [4.69, 9.17) is 0 Å². The summed E-state index contributed by atoms with van der Waals surface area (Å²) in [5.74, 6) is 0.890. The fourth-order valence-corrected chi connectivity index (χ4v) is 4.23. The Bertz CT molecular complexity index is 635. The largest absolute Gasteiger partial charge is 0.354 e. The smallest absolute Gasteiger partial charge is 0.191 e. The second-order valence-electron chi connectivity index (χ2n) is 8.62. The molecular formula is C25H46N6. The average molecular weight is 431 g/mol. The first-order valence-electron chi connectivity index (χ1n) is 12.3. The number of aliphatic imine (C=N–C) groups is 1. The summed E-state index contributed by atoms with van der Waals surface area (Å²) in [6.07, 6.45) is 2.36. The molecule has 1 unspecified atom stereocenters. The summed E-state index contributed by atoms with van der Waals surface area (Å²) in [5.41, 5.74) is 2.78. The Kier molecular flexibility index (Phi) is 11.9. The fraction of sp³-hybridized carbons (Fsp3) is 0.720. The monoisotopic (exact) mass is 430 g/mol. The lowest BCUT2D eigenvalue weighted by atomic mass is 10.1. The summed E-state index contributed by atoms with van der Waals surface area (Å²) < 4.78 is 0. The third-order valence-electron chi connectivity index (χ3n) is 6.48. The molecule has 1 atom stereocenters. The Balaban J connectivity index is 1.80. The lowest BCUT2D eigenvalue weighted by molar-refractivity contribution is 0.131. The van der Waals surface area contributed by atoms with E-state index in [0.29, 0.717) is 6.04 Å². The van der Waals surface area contributed by atoms with Gasteiger partial charge in [-0.25, -0.2) is 0 Å². The van der Waals surface area contributed by atoms with Gasteiger partial charge in [0.2, 0.25) is 0 Å². The molecule has 1 heterocycles. The molecule has 0 aromatic heterocycles. The maximum atomic E-state index is 4.45. The molecule has 1 aromatic carbocycles. The van der Waals surface area contributed by atoms with Crippen molar-refractivity contribution in [1.82, 2.24) is 25.3 Å². The number of nitrogens with one attached hydrogen (secondary N) is 2. The fourth-order valence-electron chi connectivity index (χ4n) is 4.23. The number of likely N-dealkylation sites (N-methyl/N-ethyl adjacent to an activating group) is 1. The van der Waals surface area contributed by atoms with Crippen LogP contribution < -0.4 is 10.6 Å². The van der Waals surface area contributed by atoms with Crippen molar-refractivity contribution >= 4 is 5.96 Å². The molecule has 0 radical (unpaired) electrons. The molecule has 6 heteroatoms. The van der Waals surface area contributed by atoms with Gasteiger partial charge in [-0.3, -0.25) is 9.89 Å². The van der Waals surface area contributed by atoms with E-state index in [1.54, 1.807) is 0 Å². The molecule has 0 aliphatic carbocycles. The van der Waals surface area contributed by atoms with E-state index in [0.717, 1.165) is 58.2 Å². The normalized spacial score (nSPS) is 17.2. The lowest BCUT2D eigenvalue weighted by Gasteiger charge is -2.34. The van der Waals surface area contributed by atoms with Crippen LogP contribution in [0.5, 0.6) is 0 Å². The van der Waals surface area contributed by atoms with Gasteiger partial charge in [0.15, 0.2) is 5.96 Å². The van der Waals surface area contributed by atoms with Crippen molar-refractivity contribution in [3.05, 3.63) is 35.4 Å². The van der Waals surface area contributed by atoms with Crippen molar-refractivity contribution in [2.24, 2.45) is 4.99 Å². The van der Waals surface area contributed by atoms with Crippen molar-refractivity contribution in [3.63, 3.8) is 0 Å². The molecule has 6 nitrogen and oxygen atoms in total. The average Bonchev–Trinajstić information content (AvgIpc) is 2.80. The van der Waals surface area contributed by atoms with Crippen LogP contribution in [-0.2, 0) is 13.1 Å². The van der Waals surface area contributed by atoms with Crippen molar-refractivity contribution in [1.29, 1.82) is 0 Å². The van der Waals surface area contributed by atoms with E-state index in [1.807, 2.05) is 7.05 Å². The van der Waals surface area contributed by atoms with E-state index in [-0.39, 0.29) is 0 Å². The molecular weight excluding hydrogens is 384 g/mol. The van der Waals surface area contributed by atoms with E-state index in [9.17, 15) is 0 Å². The first-order valence-corrected chi connectivity index (χ1v) is 12.3. The van der Waals surface area contributed by atoms with Gasteiger partial charge in [-0.05, 0) is 57.1 Å². The summed E-state index contributed by atoms with van der Waals surface area (Å²) in [4.78, 5) is 12.0. The maximum Gasteiger partial charge on any atom is 0.191 e. The number of hydrogen-bond donors (Lipinski definition) is 2. The van der Waals surface area contributed by atoms with Gasteiger partial charge in [-0.15, -0.1) is 0 Å². The first-order chi connectivity index (χ1) is 15.1. The molecule has 1 saturated heterocycles. The minimum atomic E-state index is 0.409. The van der Waals surface area contributed by atoms with Crippen LogP contribution in [0.15, 0.2) is 29.3 Å². The Morgan fingerprint density at radius 3 is 2.29 bits per heavy atom. The Morgan fingerprint density at radius 1 is 1.03 bits per heavy atom. The van der Waals surface area contributed by atoms with Crippen LogP contribution in [0.4, 0.5) is 0 Å². The van der Waals surface area contributed by atoms with Gasteiger partial charge in [0.25, 0.3) is 0 Å². The number of nitrogens with zero attached hydrogens (tertiary/aromatic N) is 4. The third-order valence-corrected chi connectivity index (χ3v) is 6.48. The molecule has 0 amide bonds. The summed E-state index contributed by atoms with van der Waals surface area (Å²) in [6.45, 7) is 20.1. The van der Waals surface area contributed by atoms with Gasteiger partial charge in [0.05, 0.1) is 0 Å². The minimum Gasteiger partial charge on any atom is -0.354 e. The van der Waals surface area contributed by atoms with Crippen LogP contribution in [-0.4, -0.2) is 86.1 Å². The molecule has 1 aromatic rings. The zero-order valence-electron chi connectivity index (χ0n) is 20.7. The number of piperazine rings is 1. The second kappa shape index (κ2) is 14.4. The van der Waals surface area contributed by atoms with Gasteiger partial charge in [0, 0.05) is 52.4 Å². The zero-order valence-corrected chi connectivity index (χ0v) is 20.7. The quantitative estimate of drug-likeness (QED) is 0.394. The lowest BCUT2D eigenvalue weighted by Crippen LogP contribution is -2.45. The number of benzene rings is 1. The van der Waals surface area contributed by atoms with Gasteiger partial charge in [0.1, 0.15) is 0 Å². The molecule has 1 aliphatic rings. The highest BCUT2D eigenvalue weighted by Crippen LogP contribution is 2.13. The van der Waals surface area contributed by atoms with E-state index >= 15 is 0 Å². The number of hydrogen-bond acceptors (Lipinski definition) is 4. The van der Waals surface area contributed by atoms with E-state index in [2.05, 4.69) is 82.3 Å². The van der Waals surface area contributed by atoms with Crippen molar-refractivity contribution < 1.29 is 0 Å². The van der Waals surface area contributed by atoms with Gasteiger partial charge >= 0.3 is 0 Å². The molecule has 2 rings (SSSR count). The van der Waals surface area contributed by atoms with Crippen LogP contribution in [0.1, 0.15) is 51.7 Å². The topological polar surface area (TPSA) is 46.1 Å². The summed E-state index contributed by atoms with van der Waals surface area (Å²) in [6, 6.07) is 9.22. The van der Waals surface area contributed by atoms with Crippen molar-refractivity contribution in [2.45, 2.75) is 59.7 Å². The highest BCUT2D eigenvalue weighted by Gasteiger charge is 2.16. The van der Waals surface area contributed by atoms with Crippen molar-refractivity contribution in [2.75, 3.05) is 59.4 Å². The van der Waals surface area contributed by atoms with Gasteiger partial charge in [-0.2, -0.15) is 0 Å². The molecule has 0 saturated carbocycles. The Hall–Kier alpha value is -1.63. The molecule has 0 bridgehead atoms. The zero-order chi connectivity index (χ0) is 22.5. The van der Waals surface area contributed by atoms with Gasteiger partial charge in [-0.1, -0.05) is 45.0 Å². The second-order valence-corrected chi connectivity index (χ2v) is 8.62. The number of guanidine groups is 1. The SMILES string of the molecule is CCN(CC)CCCC(C)NC(=NC)NCc1ccccc1CN1CCN(CC)CC1. The molecule has 1 aliphatic heterocycles. The van der Waals surface area contributed by atoms with Gasteiger partial charge < -0.3 is 20.4 Å². The summed E-state index contributed by atoms with van der Waals surface area (Å²) >= 11 is 0. The molecule has 176 valence electrons. The van der Waals surface area contributed by atoms with Crippen LogP contribution >= 0.6 is 0 Å². The first kappa shape index (κ1) is 25.6. The maximum absolute atomic E-state index is 4.45. The third kappa shape index (κ3) is 9.17. The highest BCUT2D eigenvalue weighted by molar-refractivity contribution is 5.79. The summed E-state index contributed by atoms with van der Waals surface area (Å²) in [5, 5.41) is 7.10. The van der Waals surface area contributed by atoms with Crippen LogP contribution in [0, 0.1) is 0 Å². The summed E-state index contributed by atoms with van der Waals surface area (Å²) in [7, 11) is 1.86. The molecule has 1 fully saturated rings. The highest BCUT2D eigenvalue weighted by atomic mass is 15.3. The predicted molar refractivity (Wildman–Crippen MR) is 134 cm³/mol. The molecule has 2 N–H and O–H groups in total. The predicted octanol–water partition coefficient (Wildman–Crippen LogP) is 3.00. The minimum absolute atomic E-state index is 0.409. The molecule has 31 heavy (non-hydrogen) atoms. The van der Waals surface area contributed by atoms with Crippen LogP contribution in [0.3, 0.4) is 0 Å². The Labute approximate surface area is 191 Å². The van der Waals surface area contributed by atoms with E-state index < -0.39 is 0 Å². The van der Waals surface area contributed by atoms with Crippen LogP contribution in [0.25, 0.3) is 0 Å². The van der Waals surface area contributed by atoms with Crippen LogP contribution in [0.2, 0.25) is 0 Å².